The molecule has 0 aliphatic carbocycles. The molecule has 2 aliphatic rings. The van der Waals surface area contributed by atoms with Crippen molar-refractivity contribution in [1.29, 1.82) is 0 Å². The van der Waals surface area contributed by atoms with Crippen LogP contribution in [-0.2, 0) is 9.59 Å². The molecule has 0 aromatic heterocycles. The smallest absolute Gasteiger partial charge is 0.229 e. The van der Waals surface area contributed by atoms with Crippen LogP contribution < -0.4 is 5.32 Å². The van der Waals surface area contributed by atoms with E-state index in [4.69, 9.17) is 0 Å². The summed E-state index contributed by atoms with van der Waals surface area (Å²) in [7, 11) is 0. The van der Waals surface area contributed by atoms with Gasteiger partial charge in [0.05, 0.1) is 6.04 Å². The van der Waals surface area contributed by atoms with Crippen molar-refractivity contribution in [2.24, 2.45) is 0 Å². The van der Waals surface area contributed by atoms with Crippen molar-refractivity contribution in [3.63, 3.8) is 0 Å². The second-order valence-electron chi connectivity index (χ2n) is 3.68. The molecule has 13 heavy (non-hydrogen) atoms. The number of likely N-dealkylation sites (tertiary alicyclic amines) is 1. The summed E-state index contributed by atoms with van der Waals surface area (Å²) in [6, 6.07) is 0.137. The number of carbonyl (C=O) groups is 2. The molecule has 0 saturated carbocycles. The van der Waals surface area contributed by atoms with Gasteiger partial charge in [-0.3, -0.25) is 14.5 Å². The van der Waals surface area contributed by atoms with E-state index in [-0.39, 0.29) is 17.9 Å². The molecule has 0 aromatic rings. The van der Waals surface area contributed by atoms with Gasteiger partial charge in [0.1, 0.15) is 0 Å². The largest absolute Gasteiger partial charge is 0.313 e. The summed E-state index contributed by atoms with van der Waals surface area (Å²) in [5.74, 6) is 0.0444. The standard InChI is InChI=1S/C9H14N2O2/c12-8-3-1-2-4-9(13)11(8)7-5-10-6-7/h7,10H,1-6H2. The molecule has 72 valence electrons. The first kappa shape index (κ1) is 8.69. The van der Waals surface area contributed by atoms with E-state index in [1.807, 2.05) is 0 Å². The van der Waals surface area contributed by atoms with Crippen LogP contribution in [0.1, 0.15) is 25.7 Å². The lowest BCUT2D eigenvalue weighted by atomic mass is 10.1. The van der Waals surface area contributed by atoms with Crippen LogP contribution in [0.25, 0.3) is 0 Å². The van der Waals surface area contributed by atoms with Crippen molar-refractivity contribution in [3.05, 3.63) is 0 Å². The first-order valence-electron chi connectivity index (χ1n) is 4.84. The maximum atomic E-state index is 11.5. The molecule has 2 rings (SSSR count). The SMILES string of the molecule is O=C1CCCCC(=O)N1C1CNC1. The third kappa shape index (κ3) is 1.58. The Kier molecular flexibility index (Phi) is 2.31. The summed E-state index contributed by atoms with van der Waals surface area (Å²) < 4.78 is 0. The Labute approximate surface area is 77.3 Å². The Bertz CT molecular complexity index is 218. The van der Waals surface area contributed by atoms with Crippen LogP contribution in [0.2, 0.25) is 0 Å². The molecule has 0 radical (unpaired) electrons. The van der Waals surface area contributed by atoms with Gasteiger partial charge in [0.25, 0.3) is 0 Å². The van der Waals surface area contributed by atoms with Crippen LogP contribution in [0.15, 0.2) is 0 Å². The van der Waals surface area contributed by atoms with Crippen molar-refractivity contribution >= 4 is 11.8 Å². The number of hydrogen-bond acceptors (Lipinski definition) is 3. The minimum atomic E-state index is 0.0222. The molecule has 0 unspecified atom stereocenters. The van der Waals surface area contributed by atoms with Crippen LogP contribution in [0.5, 0.6) is 0 Å². The van der Waals surface area contributed by atoms with Crippen molar-refractivity contribution in [2.75, 3.05) is 13.1 Å². The third-order valence-electron chi connectivity index (χ3n) is 2.69. The lowest BCUT2D eigenvalue weighted by Gasteiger charge is -2.36. The van der Waals surface area contributed by atoms with Gasteiger partial charge in [-0.15, -0.1) is 0 Å². The van der Waals surface area contributed by atoms with Gasteiger partial charge in [-0.25, -0.2) is 0 Å². The van der Waals surface area contributed by atoms with Crippen molar-refractivity contribution < 1.29 is 9.59 Å². The molecule has 0 spiro atoms. The zero-order valence-corrected chi connectivity index (χ0v) is 7.58. The van der Waals surface area contributed by atoms with Gasteiger partial charge < -0.3 is 5.32 Å². The topological polar surface area (TPSA) is 49.4 Å². The third-order valence-corrected chi connectivity index (χ3v) is 2.69. The van der Waals surface area contributed by atoms with Gasteiger partial charge in [-0.05, 0) is 12.8 Å². The van der Waals surface area contributed by atoms with E-state index in [9.17, 15) is 9.59 Å². The van der Waals surface area contributed by atoms with E-state index in [1.54, 1.807) is 0 Å². The molecule has 2 fully saturated rings. The maximum Gasteiger partial charge on any atom is 0.229 e. The van der Waals surface area contributed by atoms with E-state index in [0.717, 1.165) is 25.9 Å². The lowest BCUT2D eigenvalue weighted by Crippen LogP contribution is -2.60. The van der Waals surface area contributed by atoms with Crippen LogP contribution >= 0.6 is 0 Å². The Morgan fingerprint density at radius 3 is 2.00 bits per heavy atom. The average molecular weight is 182 g/mol. The molecule has 2 heterocycles. The minimum absolute atomic E-state index is 0.0222. The second-order valence-corrected chi connectivity index (χ2v) is 3.68. The van der Waals surface area contributed by atoms with Gasteiger partial charge in [0.15, 0.2) is 0 Å². The summed E-state index contributed by atoms with van der Waals surface area (Å²) in [5.41, 5.74) is 0. The van der Waals surface area contributed by atoms with Crippen molar-refractivity contribution in [2.45, 2.75) is 31.7 Å². The minimum Gasteiger partial charge on any atom is -0.313 e. The number of carbonyl (C=O) groups excluding carboxylic acids is 2. The summed E-state index contributed by atoms with van der Waals surface area (Å²) >= 11 is 0. The van der Waals surface area contributed by atoms with Gasteiger partial charge in [0, 0.05) is 25.9 Å². The Morgan fingerprint density at radius 1 is 1.08 bits per heavy atom. The van der Waals surface area contributed by atoms with Gasteiger partial charge in [0.2, 0.25) is 11.8 Å². The number of hydrogen-bond donors (Lipinski definition) is 1. The first-order chi connectivity index (χ1) is 6.29. The zero-order chi connectivity index (χ0) is 9.26. The molecule has 2 aliphatic heterocycles. The van der Waals surface area contributed by atoms with E-state index in [0.29, 0.717) is 12.8 Å². The van der Waals surface area contributed by atoms with E-state index >= 15 is 0 Å². The Morgan fingerprint density at radius 2 is 1.62 bits per heavy atom. The number of rotatable bonds is 1. The zero-order valence-electron chi connectivity index (χ0n) is 7.58. The van der Waals surface area contributed by atoms with E-state index in [1.165, 1.54) is 4.90 Å². The second kappa shape index (κ2) is 3.46. The average Bonchev–Trinajstić information content (AvgIpc) is 2.15. The fourth-order valence-corrected chi connectivity index (χ4v) is 1.80. The van der Waals surface area contributed by atoms with E-state index < -0.39 is 0 Å². The fourth-order valence-electron chi connectivity index (χ4n) is 1.80. The highest BCUT2D eigenvalue weighted by Crippen LogP contribution is 2.16. The summed E-state index contributed by atoms with van der Waals surface area (Å²) in [6.45, 7) is 1.55. The maximum absolute atomic E-state index is 11.5. The molecule has 4 heteroatoms. The molecule has 0 bridgehead atoms. The highest BCUT2D eigenvalue weighted by Gasteiger charge is 2.33. The molecule has 4 nitrogen and oxygen atoms in total. The van der Waals surface area contributed by atoms with Crippen LogP contribution in [0.3, 0.4) is 0 Å². The van der Waals surface area contributed by atoms with Gasteiger partial charge >= 0.3 is 0 Å². The Hall–Kier alpha value is -0.900. The predicted molar refractivity (Wildman–Crippen MR) is 47.0 cm³/mol. The Balaban J connectivity index is 2.09. The van der Waals surface area contributed by atoms with Gasteiger partial charge in [-0.1, -0.05) is 0 Å². The number of amides is 2. The molecule has 2 saturated heterocycles. The molecular formula is C9H14N2O2. The summed E-state index contributed by atoms with van der Waals surface area (Å²) in [4.78, 5) is 24.5. The monoisotopic (exact) mass is 182 g/mol. The molecule has 0 atom stereocenters. The molecular weight excluding hydrogens is 168 g/mol. The molecule has 2 amide bonds. The van der Waals surface area contributed by atoms with Crippen LogP contribution in [0.4, 0.5) is 0 Å². The highest BCUT2D eigenvalue weighted by atomic mass is 16.2. The highest BCUT2D eigenvalue weighted by molar-refractivity contribution is 5.96. The normalized spacial score (nSPS) is 25.7. The van der Waals surface area contributed by atoms with Crippen molar-refractivity contribution in [3.8, 4) is 0 Å². The van der Waals surface area contributed by atoms with Crippen LogP contribution in [-0.4, -0.2) is 35.8 Å². The van der Waals surface area contributed by atoms with Crippen LogP contribution in [0, 0.1) is 0 Å². The fraction of sp³-hybridized carbons (Fsp3) is 0.778. The summed E-state index contributed by atoms with van der Waals surface area (Å²) in [6.07, 6.45) is 2.81. The summed E-state index contributed by atoms with van der Waals surface area (Å²) in [5, 5.41) is 3.07. The molecule has 1 N–H and O–H groups in total. The molecule has 0 aromatic carbocycles. The number of nitrogens with one attached hydrogen (secondary N) is 1. The quantitative estimate of drug-likeness (QED) is 0.575. The first-order valence-corrected chi connectivity index (χ1v) is 4.84. The predicted octanol–water partition coefficient (Wildman–Crippen LogP) is -0.113. The van der Waals surface area contributed by atoms with Crippen molar-refractivity contribution in [1.82, 2.24) is 10.2 Å². The number of imide groups is 1. The van der Waals surface area contributed by atoms with Gasteiger partial charge in [-0.2, -0.15) is 0 Å². The number of nitrogens with zero attached hydrogens (tertiary/aromatic N) is 1. The van der Waals surface area contributed by atoms with E-state index in [2.05, 4.69) is 5.32 Å². The lowest BCUT2D eigenvalue weighted by molar-refractivity contribution is -0.147.